The summed E-state index contributed by atoms with van der Waals surface area (Å²) >= 11 is 0. The standard InChI is InChI=1S/C14H22O5S/c1-9-7-11(18-4)12(19-5)8-10(9)13(15)14(2,3)20(6,16)17/h7-8,13,15H,1-6H3. The molecule has 0 fully saturated rings. The molecule has 0 amide bonds. The molecule has 1 unspecified atom stereocenters. The molecule has 5 nitrogen and oxygen atoms in total. The van der Waals surface area contributed by atoms with Gasteiger partial charge in [-0.1, -0.05) is 0 Å². The monoisotopic (exact) mass is 302 g/mol. The van der Waals surface area contributed by atoms with Gasteiger partial charge in [-0.05, 0) is 44.0 Å². The number of aryl methyl sites for hydroxylation is 1. The van der Waals surface area contributed by atoms with Gasteiger partial charge in [-0.25, -0.2) is 8.42 Å². The van der Waals surface area contributed by atoms with Crippen molar-refractivity contribution in [2.75, 3.05) is 20.5 Å². The highest BCUT2D eigenvalue weighted by molar-refractivity contribution is 7.92. The van der Waals surface area contributed by atoms with Crippen LogP contribution in [0.1, 0.15) is 31.1 Å². The Balaban J connectivity index is 3.41. The first-order valence-corrected chi connectivity index (χ1v) is 8.05. The third-order valence-electron chi connectivity index (χ3n) is 3.68. The van der Waals surface area contributed by atoms with E-state index in [2.05, 4.69) is 0 Å². The second-order valence-corrected chi connectivity index (χ2v) is 7.94. The van der Waals surface area contributed by atoms with Gasteiger partial charge in [0.2, 0.25) is 0 Å². The molecular weight excluding hydrogens is 280 g/mol. The van der Waals surface area contributed by atoms with Crippen LogP contribution in [0, 0.1) is 6.92 Å². The molecule has 0 aliphatic heterocycles. The molecule has 0 aromatic heterocycles. The smallest absolute Gasteiger partial charge is 0.161 e. The Bertz CT molecular complexity index is 590. The van der Waals surface area contributed by atoms with Gasteiger partial charge in [0.05, 0.1) is 25.1 Å². The predicted octanol–water partition coefficient (Wildman–Crippen LogP) is 1.87. The fourth-order valence-electron chi connectivity index (χ4n) is 1.87. The van der Waals surface area contributed by atoms with E-state index in [1.807, 2.05) is 0 Å². The minimum absolute atomic E-state index is 0.455. The molecule has 1 atom stereocenters. The number of methoxy groups -OCH3 is 2. The topological polar surface area (TPSA) is 72.8 Å². The van der Waals surface area contributed by atoms with Crippen molar-refractivity contribution < 1.29 is 23.0 Å². The first-order valence-electron chi connectivity index (χ1n) is 6.16. The summed E-state index contributed by atoms with van der Waals surface area (Å²) in [6, 6.07) is 3.33. The highest BCUT2D eigenvalue weighted by Gasteiger charge is 2.39. The summed E-state index contributed by atoms with van der Waals surface area (Å²) in [5.74, 6) is 0.995. The van der Waals surface area contributed by atoms with E-state index in [0.29, 0.717) is 17.1 Å². The molecule has 0 radical (unpaired) electrons. The first kappa shape index (κ1) is 16.8. The number of sulfone groups is 1. The van der Waals surface area contributed by atoms with Crippen LogP contribution in [0.2, 0.25) is 0 Å². The van der Waals surface area contributed by atoms with Crippen LogP contribution in [-0.2, 0) is 9.84 Å². The summed E-state index contributed by atoms with van der Waals surface area (Å²) in [5.41, 5.74) is 1.25. The summed E-state index contributed by atoms with van der Waals surface area (Å²) in [6.45, 7) is 4.80. The molecule has 0 heterocycles. The summed E-state index contributed by atoms with van der Waals surface area (Å²) in [7, 11) is -0.411. The number of benzene rings is 1. The molecule has 0 bridgehead atoms. The zero-order valence-electron chi connectivity index (χ0n) is 12.7. The third-order valence-corrected chi connectivity index (χ3v) is 5.82. The fraction of sp³-hybridized carbons (Fsp3) is 0.571. The van der Waals surface area contributed by atoms with Crippen LogP contribution >= 0.6 is 0 Å². The van der Waals surface area contributed by atoms with Gasteiger partial charge in [0.25, 0.3) is 0 Å². The SMILES string of the molecule is COc1cc(C)c(C(O)C(C)(C)S(C)(=O)=O)cc1OC. The lowest BCUT2D eigenvalue weighted by atomic mass is 9.94. The Morgan fingerprint density at radius 2 is 1.60 bits per heavy atom. The second-order valence-electron chi connectivity index (χ2n) is 5.34. The van der Waals surface area contributed by atoms with Crippen LogP contribution < -0.4 is 9.47 Å². The Morgan fingerprint density at radius 1 is 1.15 bits per heavy atom. The molecule has 0 aliphatic carbocycles. The van der Waals surface area contributed by atoms with Gasteiger partial charge in [-0.2, -0.15) is 0 Å². The number of ether oxygens (including phenoxy) is 2. The van der Waals surface area contributed by atoms with Crippen molar-refractivity contribution in [2.24, 2.45) is 0 Å². The van der Waals surface area contributed by atoms with E-state index in [4.69, 9.17) is 9.47 Å². The highest BCUT2D eigenvalue weighted by atomic mass is 32.2. The van der Waals surface area contributed by atoms with E-state index in [-0.39, 0.29) is 0 Å². The molecule has 0 saturated heterocycles. The van der Waals surface area contributed by atoms with E-state index in [1.165, 1.54) is 28.1 Å². The second kappa shape index (κ2) is 5.61. The van der Waals surface area contributed by atoms with Crippen LogP contribution in [0.5, 0.6) is 11.5 Å². The van der Waals surface area contributed by atoms with Crippen molar-refractivity contribution in [1.29, 1.82) is 0 Å². The molecule has 0 saturated carbocycles. The van der Waals surface area contributed by atoms with Crippen molar-refractivity contribution in [3.05, 3.63) is 23.3 Å². The molecule has 1 N–H and O–H groups in total. The number of aliphatic hydroxyl groups is 1. The van der Waals surface area contributed by atoms with Crippen molar-refractivity contribution in [1.82, 2.24) is 0 Å². The number of aliphatic hydroxyl groups excluding tert-OH is 1. The summed E-state index contributed by atoms with van der Waals surface area (Å²) < 4.78 is 32.8. The van der Waals surface area contributed by atoms with Gasteiger partial charge >= 0.3 is 0 Å². The Kier molecular flexibility index (Phi) is 4.71. The van der Waals surface area contributed by atoms with Gasteiger partial charge < -0.3 is 14.6 Å². The zero-order valence-corrected chi connectivity index (χ0v) is 13.5. The zero-order chi connectivity index (χ0) is 15.7. The minimum Gasteiger partial charge on any atom is -0.493 e. The summed E-state index contributed by atoms with van der Waals surface area (Å²) in [5, 5.41) is 10.5. The highest BCUT2D eigenvalue weighted by Crippen LogP contribution is 2.38. The number of rotatable bonds is 5. The maximum Gasteiger partial charge on any atom is 0.161 e. The van der Waals surface area contributed by atoms with Crippen molar-refractivity contribution >= 4 is 9.84 Å². The number of hydrogen-bond donors (Lipinski definition) is 1. The molecule has 1 aromatic rings. The lowest BCUT2D eigenvalue weighted by Gasteiger charge is -2.30. The fourth-order valence-corrected chi connectivity index (χ4v) is 2.40. The largest absolute Gasteiger partial charge is 0.493 e. The van der Waals surface area contributed by atoms with Gasteiger partial charge in [0.15, 0.2) is 21.3 Å². The molecule has 20 heavy (non-hydrogen) atoms. The molecule has 6 heteroatoms. The van der Waals surface area contributed by atoms with Gasteiger partial charge in [0, 0.05) is 6.26 Å². The number of hydrogen-bond acceptors (Lipinski definition) is 5. The quantitative estimate of drug-likeness (QED) is 0.899. The molecule has 114 valence electrons. The average molecular weight is 302 g/mol. The van der Waals surface area contributed by atoms with Crippen LogP contribution in [0.25, 0.3) is 0 Å². The van der Waals surface area contributed by atoms with E-state index in [1.54, 1.807) is 19.1 Å². The third kappa shape index (κ3) is 2.91. The minimum atomic E-state index is -3.42. The van der Waals surface area contributed by atoms with Crippen LogP contribution in [0.3, 0.4) is 0 Å². The van der Waals surface area contributed by atoms with Gasteiger partial charge in [-0.15, -0.1) is 0 Å². The maximum absolute atomic E-state index is 11.8. The maximum atomic E-state index is 11.8. The van der Waals surface area contributed by atoms with E-state index in [0.717, 1.165) is 11.8 Å². The Morgan fingerprint density at radius 3 is 2.00 bits per heavy atom. The van der Waals surface area contributed by atoms with E-state index < -0.39 is 20.7 Å². The molecule has 0 spiro atoms. The van der Waals surface area contributed by atoms with Gasteiger partial charge in [0.1, 0.15) is 0 Å². The first-order chi connectivity index (χ1) is 9.06. The van der Waals surface area contributed by atoms with E-state index >= 15 is 0 Å². The van der Waals surface area contributed by atoms with Crippen molar-refractivity contribution in [3.8, 4) is 11.5 Å². The van der Waals surface area contributed by atoms with Crippen LogP contribution in [0.4, 0.5) is 0 Å². The van der Waals surface area contributed by atoms with Crippen molar-refractivity contribution in [2.45, 2.75) is 31.6 Å². The Labute approximate surface area is 120 Å². The van der Waals surface area contributed by atoms with Crippen LogP contribution in [0.15, 0.2) is 12.1 Å². The lowest BCUT2D eigenvalue weighted by molar-refractivity contribution is 0.138. The van der Waals surface area contributed by atoms with E-state index in [9.17, 15) is 13.5 Å². The van der Waals surface area contributed by atoms with Gasteiger partial charge in [-0.3, -0.25) is 0 Å². The molecule has 1 aromatic carbocycles. The normalized spacial score (nSPS) is 13.9. The van der Waals surface area contributed by atoms with Crippen LogP contribution in [-0.4, -0.2) is 38.7 Å². The Hall–Kier alpha value is -1.27. The van der Waals surface area contributed by atoms with Crippen molar-refractivity contribution in [3.63, 3.8) is 0 Å². The predicted molar refractivity (Wildman–Crippen MR) is 78.2 cm³/mol. The molecule has 0 aliphatic rings. The lowest BCUT2D eigenvalue weighted by Crippen LogP contribution is -2.38. The molecule has 1 rings (SSSR count). The average Bonchev–Trinajstić information content (AvgIpc) is 2.36. The summed E-state index contributed by atoms with van der Waals surface area (Å²) in [4.78, 5) is 0. The summed E-state index contributed by atoms with van der Waals surface area (Å²) in [6.07, 6.45) is -0.0379. The molecular formula is C14H22O5S.